The quantitative estimate of drug-likeness (QED) is 0.580. The smallest absolute Gasteiger partial charge is 0.270 e. The summed E-state index contributed by atoms with van der Waals surface area (Å²) in [5.41, 5.74) is 0.951. The highest BCUT2D eigenvalue weighted by molar-refractivity contribution is 5.98. The van der Waals surface area contributed by atoms with E-state index < -0.39 is 0 Å². The molecule has 1 aromatic heterocycles. The van der Waals surface area contributed by atoms with Crippen LogP contribution < -0.4 is 14.8 Å². The van der Waals surface area contributed by atoms with E-state index in [1.54, 1.807) is 13.2 Å². The Hall–Kier alpha value is -2.42. The molecule has 1 amide bonds. The number of likely N-dealkylation sites (tertiary alicyclic amines) is 1. The van der Waals surface area contributed by atoms with E-state index in [0.29, 0.717) is 55.2 Å². The molecule has 2 saturated heterocycles. The van der Waals surface area contributed by atoms with E-state index in [9.17, 15) is 4.79 Å². The van der Waals surface area contributed by atoms with E-state index in [4.69, 9.17) is 23.9 Å². The van der Waals surface area contributed by atoms with Crippen molar-refractivity contribution in [2.75, 3.05) is 46.6 Å². The lowest BCUT2D eigenvalue weighted by atomic mass is 10.0. The summed E-state index contributed by atoms with van der Waals surface area (Å²) in [4.78, 5) is 20.4. The van der Waals surface area contributed by atoms with Gasteiger partial charge in [-0.3, -0.25) is 9.69 Å². The number of nitrogens with zero attached hydrogens (tertiary/aromatic N) is 2. The van der Waals surface area contributed by atoms with Gasteiger partial charge in [-0.2, -0.15) is 0 Å². The van der Waals surface area contributed by atoms with Crippen LogP contribution in [0.5, 0.6) is 11.5 Å². The van der Waals surface area contributed by atoms with Crippen LogP contribution in [0.1, 0.15) is 43.6 Å². The summed E-state index contributed by atoms with van der Waals surface area (Å²) in [7, 11) is 1.63. The van der Waals surface area contributed by atoms with Crippen LogP contribution >= 0.6 is 0 Å². The first-order chi connectivity index (χ1) is 16.0. The first-order valence-electron chi connectivity index (χ1n) is 11.9. The van der Waals surface area contributed by atoms with Crippen LogP contribution in [-0.4, -0.2) is 80.6 Å². The standard InChI is InChI=1S/C25H35N3O5/c1-17(2)28-10-5-6-18(15-28)26-25(29)21-14-23(32-13-12-30-3)20-7-4-8-22(24(20)27-21)33-19-9-11-31-16-19/h4,7-8,14,17-19H,5-6,9-13,15-16H2,1-3H3,(H,26,29)/t18-,19-/m1/s1. The van der Waals surface area contributed by atoms with Gasteiger partial charge in [-0.1, -0.05) is 6.07 Å². The summed E-state index contributed by atoms with van der Waals surface area (Å²) < 4.78 is 22.8. The molecular formula is C25H35N3O5. The van der Waals surface area contributed by atoms with E-state index in [0.717, 1.165) is 37.7 Å². The predicted molar refractivity (Wildman–Crippen MR) is 126 cm³/mol. The molecule has 2 aromatic rings. The minimum atomic E-state index is -0.192. The van der Waals surface area contributed by atoms with E-state index in [1.807, 2.05) is 18.2 Å². The van der Waals surface area contributed by atoms with Crippen LogP contribution in [0.3, 0.4) is 0 Å². The Balaban J connectivity index is 1.61. The molecule has 8 nitrogen and oxygen atoms in total. The third-order valence-electron chi connectivity index (χ3n) is 6.24. The maximum atomic E-state index is 13.2. The summed E-state index contributed by atoms with van der Waals surface area (Å²) in [6.45, 7) is 8.38. The van der Waals surface area contributed by atoms with Gasteiger partial charge in [0.2, 0.25) is 0 Å². The Morgan fingerprint density at radius 2 is 2.15 bits per heavy atom. The van der Waals surface area contributed by atoms with Crippen LogP contribution in [0.4, 0.5) is 0 Å². The Morgan fingerprint density at radius 1 is 1.27 bits per heavy atom. The van der Waals surface area contributed by atoms with E-state index in [2.05, 4.69) is 24.1 Å². The summed E-state index contributed by atoms with van der Waals surface area (Å²) in [5, 5.41) is 4.00. The van der Waals surface area contributed by atoms with E-state index in [1.165, 1.54) is 0 Å². The van der Waals surface area contributed by atoms with Crippen LogP contribution in [0.15, 0.2) is 24.3 Å². The number of carbonyl (C=O) groups excluding carboxylic acids is 1. The lowest BCUT2D eigenvalue weighted by molar-refractivity contribution is 0.0881. The van der Waals surface area contributed by atoms with Gasteiger partial charge in [0.25, 0.3) is 5.91 Å². The molecule has 2 atom stereocenters. The van der Waals surface area contributed by atoms with Gasteiger partial charge in [0.05, 0.1) is 19.8 Å². The molecule has 2 aliphatic heterocycles. The number of ether oxygens (including phenoxy) is 4. The number of rotatable bonds is 9. The van der Waals surface area contributed by atoms with Crippen molar-refractivity contribution in [3.05, 3.63) is 30.0 Å². The van der Waals surface area contributed by atoms with E-state index >= 15 is 0 Å². The molecule has 1 aromatic carbocycles. The largest absolute Gasteiger partial charge is 0.490 e. The Bertz CT molecular complexity index is 945. The third-order valence-corrected chi connectivity index (χ3v) is 6.24. The minimum Gasteiger partial charge on any atom is -0.490 e. The molecule has 4 rings (SSSR count). The zero-order valence-corrected chi connectivity index (χ0v) is 19.8. The molecule has 2 aliphatic rings. The van der Waals surface area contributed by atoms with Crippen molar-refractivity contribution in [3.8, 4) is 11.5 Å². The fourth-order valence-corrected chi connectivity index (χ4v) is 4.39. The number of piperidine rings is 1. The van der Waals surface area contributed by atoms with E-state index in [-0.39, 0.29) is 18.1 Å². The molecule has 1 N–H and O–H groups in total. The molecule has 0 spiro atoms. The third kappa shape index (κ3) is 5.93. The molecule has 0 bridgehead atoms. The zero-order chi connectivity index (χ0) is 23.2. The molecule has 8 heteroatoms. The zero-order valence-electron chi connectivity index (χ0n) is 19.8. The summed E-state index contributed by atoms with van der Waals surface area (Å²) >= 11 is 0. The molecule has 0 aliphatic carbocycles. The average molecular weight is 458 g/mol. The van der Waals surface area contributed by atoms with Crippen molar-refractivity contribution in [1.29, 1.82) is 0 Å². The summed E-state index contributed by atoms with van der Waals surface area (Å²) in [5.74, 6) is 1.05. The monoisotopic (exact) mass is 457 g/mol. The lowest BCUT2D eigenvalue weighted by Crippen LogP contribution is -2.49. The highest BCUT2D eigenvalue weighted by Crippen LogP contribution is 2.33. The van der Waals surface area contributed by atoms with Crippen LogP contribution in [0, 0.1) is 0 Å². The fourth-order valence-electron chi connectivity index (χ4n) is 4.39. The Kier molecular flexibility index (Phi) is 8.01. The van der Waals surface area contributed by atoms with Gasteiger partial charge in [-0.05, 0) is 45.4 Å². The maximum Gasteiger partial charge on any atom is 0.270 e. The highest BCUT2D eigenvalue weighted by Gasteiger charge is 2.25. The number of hydrogen-bond acceptors (Lipinski definition) is 7. The summed E-state index contributed by atoms with van der Waals surface area (Å²) in [6, 6.07) is 8.02. The van der Waals surface area contributed by atoms with Gasteiger partial charge in [-0.25, -0.2) is 4.98 Å². The molecule has 180 valence electrons. The molecule has 0 unspecified atom stereocenters. The van der Waals surface area contributed by atoms with Crippen molar-refractivity contribution in [1.82, 2.24) is 15.2 Å². The van der Waals surface area contributed by atoms with Crippen LogP contribution in [0.2, 0.25) is 0 Å². The number of amides is 1. The minimum absolute atomic E-state index is 0.0167. The Morgan fingerprint density at radius 3 is 2.91 bits per heavy atom. The second-order valence-electron chi connectivity index (χ2n) is 9.00. The van der Waals surface area contributed by atoms with Gasteiger partial charge in [0, 0.05) is 43.6 Å². The molecule has 3 heterocycles. The molecule has 2 fully saturated rings. The first kappa shape index (κ1) is 23.7. The maximum absolute atomic E-state index is 13.2. The number of hydrogen-bond donors (Lipinski definition) is 1. The molecule has 0 radical (unpaired) electrons. The number of aromatic nitrogens is 1. The second kappa shape index (κ2) is 11.1. The van der Waals surface area contributed by atoms with Crippen molar-refractivity contribution in [3.63, 3.8) is 0 Å². The van der Waals surface area contributed by atoms with Gasteiger partial charge < -0.3 is 24.3 Å². The number of carbonyl (C=O) groups is 1. The predicted octanol–water partition coefficient (Wildman–Crippen LogP) is 3.03. The topological polar surface area (TPSA) is 82.2 Å². The fraction of sp³-hybridized carbons (Fsp3) is 0.600. The first-order valence-corrected chi connectivity index (χ1v) is 11.9. The SMILES string of the molecule is COCCOc1cc(C(=O)N[C@@H]2CCCN(C(C)C)C2)nc2c(O[C@@H]3CCOC3)cccc12. The lowest BCUT2D eigenvalue weighted by Gasteiger charge is -2.35. The van der Waals surface area contributed by atoms with Crippen molar-refractivity contribution in [2.45, 2.75) is 51.3 Å². The number of methoxy groups -OCH3 is 1. The van der Waals surface area contributed by atoms with Crippen molar-refractivity contribution >= 4 is 16.8 Å². The van der Waals surface area contributed by atoms with Crippen molar-refractivity contribution < 1.29 is 23.7 Å². The van der Waals surface area contributed by atoms with Crippen LogP contribution in [-0.2, 0) is 9.47 Å². The summed E-state index contributed by atoms with van der Waals surface area (Å²) in [6.07, 6.45) is 2.86. The van der Waals surface area contributed by atoms with Gasteiger partial charge in [-0.15, -0.1) is 0 Å². The molecular weight excluding hydrogens is 422 g/mol. The van der Waals surface area contributed by atoms with Gasteiger partial charge in [0.15, 0.2) is 0 Å². The molecule has 33 heavy (non-hydrogen) atoms. The highest BCUT2D eigenvalue weighted by atomic mass is 16.5. The average Bonchev–Trinajstić information content (AvgIpc) is 3.32. The molecule has 0 saturated carbocycles. The van der Waals surface area contributed by atoms with Crippen LogP contribution in [0.25, 0.3) is 10.9 Å². The number of fused-ring (bicyclic) bond motifs is 1. The Labute approximate surface area is 195 Å². The number of benzene rings is 1. The second-order valence-corrected chi connectivity index (χ2v) is 9.00. The van der Waals surface area contributed by atoms with Crippen molar-refractivity contribution in [2.24, 2.45) is 0 Å². The number of pyridine rings is 1. The van der Waals surface area contributed by atoms with Gasteiger partial charge in [0.1, 0.15) is 35.4 Å². The van der Waals surface area contributed by atoms with Gasteiger partial charge >= 0.3 is 0 Å². The number of nitrogens with one attached hydrogen (secondary N) is 1. The number of para-hydroxylation sites is 1. The normalized spacial score (nSPS) is 21.5.